The molecule has 3 rings (SSSR count). The Balaban J connectivity index is 1.76. The second-order valence-electron chi connectivity index (χ2n) is 5.92. The summed E-state index contributed by atoms with van der Waals surface area (Å²) in [5, 5.41) is 7.07. The lowest BCUT2D eigenvalue weighted by Crippen LogP contribution is -2.33. The predicted octanol–water partition coefficient (Wildman–Crippen LogP) is 1.64. The maximum Gasteiger partial charge on any atom is 0.267 e. The molecule has 0 spiro atoms. The highest BCUT2D eigenvalue weighted by Gasteiger charge is 2.10. The Morgan fingerprint density at radius 2 is 1.79 bits per heavy atom. The second kappa shape index (κ2) is 8.81. The molecule has 1 amide bonds. The van der Waals surface area contributed by atoms with Crippen LogP contribution < -0.4 is 20.3 Å². The fourth-order valence-electron chi connectivity index (χ4n) is 2.60. The average molecular weight is 380 g/mol. The van der Waals surface area contributed by atoms with Gasteiger partial charge in [0.25, 0.3) is 5.56 Å². The quantitative estimate of drug-likeness (QED) is 0.670. The van der Waals surface area contributed by atoms with Crippen LogP contribution >= 0.6 is 0 Å². The van der Waals surface area contributed by atoms with Gasteiger partial charge in [0.2, 0.25) is 5.91 Å². The number of hydrogen-bond acceptors (Lipinski definition) is 6. The lowest BCUT2D eigenvalue weighted by atomic mass is 10.1. The Morgan fingerprint density at radius 3 is 2.50 bits per heavy atom. The summed E-state index contributed by atoms with van der Waals surface area (Å²) in [6, 6.07) is 11.9. The molecule has 8 heteroatoms. The third-order valence-corrected chi connectivity index (χ3v) is 4.08. The number of ether oxygens (including phenoxy) is 2. The van der Waals surface area contributed by atoms with Crippen molar-refractivity contribution in [2.24, 2.45) is 0 Å². The van der Waals surface area contributed by atoms with Gasteiger partial charge >= 0.3 is 0 Å². The van der Waals surface area contributed by atoms with Crippen LogP contribution in [0.1, 0.15) is 5.56 Å². The van der Waals surface area contributed by atoms with Crippen LogP contribution in [0, 0.1) is 0 Å². The number of amides is 1. The van der Waals surface area contributed by atoms with Gasteiger partial charge in [-0.1, -0.05) is 0 Å². The van der Waals surface area contributed by atoms with Gasteiger partial charge in [-0.3, -0.25) is 14.6 Å². The first-order chi connectivity index (χ1) is 13.6. The summed E-state index contributed by atoms with van der Waals surface area (Å²) in [6.07, 6.45) is 3.31. The molecule has 0 unspecified atom stereocenters. The van der Waals surface area contributed by atoms with Crippen molar-refractivity contribution < 1.29 is 14.3 Å². The molecular weight excluding hydrogens is 360 g/mol. The Kier molecular flexibility index (Phi) is 6.01. The predicted molar refractivity (Wildman–Crippen MR) is 103 cm³/mol. The zero-order valence-corrected chi connectivity index (χ0v) is 15.6. The molecule has 1 N–H and O–H groups in total. The van der Waals surface area contributed by atoms with Gasteiger partial charge in [0, 0.05) is 30.6 Å². The molecule has 2 aromatic heterocycles. The van der Waals surface area contributed by atoms with Gasteiger partial charge in [-0.2, -0.15) is 5.10 Å². The summed E-state index contributed by atoms with van der Waals surface area (Å²) in [5.41, 5.74) is 1.84. The van der Waals surface area contributed by atoms with Crippen molar-refractivity contribution in [3.63, 3.8) is 0 Å². The molecule has 3 aromatic rings. The zero-order chi connectivity index (χ0) is 19.9. The Hall–Kier alpha value is -3.68. The summed E-state index contributed by atoms with van der Waals surface area (Å²) in [7, 11) is 3.10. The van der Waals surface area contributed by atoms with Crippen molar-refractivity contribution >= 4 is 5.91 Å². The third-order valence-electron chi connectivity index (χ3n) is 4.08. The van der Waals surface area contributed by atoms with E-state index in [2.05, 4.69) is 15.4 Å². The minimum atomic E-state index is -0.358. The molecule has 8 nitrogen and oxygen atoms in total. The fourth-order valence-corrected chi connectivity index (χ4v) is 2.60. The van der Waals surface area contributed by atoms with Crippen molar-refractivity contribution in [2.45, 2.75) is 13.1 Å². The first kappa shape index (κ1) is 19.1. The van der Waals surface area contributed by atoms with Crippen LogP contribution in [0.3, 0.4) is 0 Å². The maximum atomic E-state index is 12.2. The Morgan fingerprint density at radius 1 is 1.04 bits per heavy atom. The number of methoxy groups -OCH3 is 2. The van der Waals surface area contributed by atoms with Crippen LogP contribution in [0.2, 0.25) is 0 Å². The fraction of sp³-hybridized carbons (Fsp3) is 0.200. The van der Waals surface area contributed by atoms with Crippen molar-refractivity contribution in [3.05, 3.63) is 70.8 Å². The lowest BCUT2D eigenvalue weighted by molar-refractivity contribution is -0.122. The van der Waals surface area contributed by atoms with Gasteiger partial charge in [-0.25, -0.2) is 4.68 Å². The molecule has 0 saturated carbocycles. The average Bonchev–Trinajstić information content (AvgIpc) is 2.74. The van der Waals surface area contributed by atoms with E-state index in [1.165, 1.54) is 6.07 Å². The van der Waals surface area contributed by atoms with Crippen molar-refractivity contribution in [1.82, 2.24) is 20.1 Å². The highest BCUT2D eigenvalue weighted by Crippen LogP contribution is 2.31. The van der Waals surface area contributed by atoms with Crippen LogP contribution in [-0.2, 0) is 17.9 Å². The Labute approximate surface area is 161 Å². The molecule has 0 atom stereocenters. The van der Waals surface area contributed by atoms with Crippen LogP contribution in [0.15, 0.2) is 59.7 Å². The van der Waals surface area contributed by atoms with Crippen LogP contribution in [0.4, 0.5) is 0 Å². The summed E-state index contributed by atoms with van der Waals surface area (Å²) in [4.78, 5) is 28.2. The molecule has 0 aliphatic rings. The standard InChI is InChI=1S/C20H20N4O4/c1-27-17-5-3-15(11-18(17)28-2)16-4-6-20(26)24(23-16)13-19(25)22-12-14-7-9-21-10-8-14/h3-11H,12-13H2,1-2H3,(H,22,25). The normalized spacial score (nSPS) is 10.4. The number of carbonyl (C=O) groups excluding carboxylic acids is 1. The number of pyridine rings is 1. The van der Waals surface area contributed by atoms with E-state index in [1.807, 2.05) is 18.2 Å². The molecule has 144 valence electrons. The molecule has 0 fully saturated rings. The van der Waals surface area contributed by atoms with Gasteiger partial charge in [-0.05, 0) is 42.0 Å². The topological polar surface area (TPSA) is 95.3 Å². The van der Waals surface area contributed by atoms with E-state index in [-0.39, 0.29) is 18.0 Å². The van der Waals surface area contributed by atoms with Crippen LogP contribution in [-0.4, -0.2) is 34.9 Å². The summed E-state index contributed by atoms with van der Waals surface area (Å²) < 4.78 is 11.7. The monoisotopic (exact) mass is 380 g/mol. The molecule has 0 saturated heterocycles. The highest BCUT2D eigenvalue weighted by molar-refractivity contribution is 5.75. The van der Waals surface area contributed by atoms with Gasteiger partial charge < -0.3 is 14.8 Å². The van der Waals surface area contributed by atoms with E-state index in [9.17, 15) is 9.59 Å². The largest absolute Gasteiger partial charge is 0.493 e. The minimum absolute atomic E-state index is 0.176. The summed E-state index contributed by atoms with van der Waals surface area (Å²) in [5.74, 6) is 0.834. The third kappa shape index (κ3) is 4.53. The van der Waals surface area contributed by atoms with E-state index in [0.717, 1.165) is 15.8 Å². The number of hydrogen-bond donors (Lipinski definition) is 1. The Bertz CT molecular complexity index is 1020. The minimum Gasteiger partial charge on any atom is -0.493 e. The molecule has 0 radical (unpaired) electrons. The van der Waals surface area contributed by atoms with Gasteiger partial charge in [-0.15, -0.1) is 0 Å². The summed E-state index contributed by atoms with van der Waals surface area (Å²) in [6.45, 7) is 0.177. The number of benzene rings is 1. The highest BCUT2D eigenvalue weighted by atomic mass is 16.5. The van der Waals surface area contributed by atoms with Crippen molar-refractivity contribution in [3.8, 4) is 22.8 Å². The molecular formula is C20H20N4O4. The van der Waals surface area contributed by atoms with E-state index in [0.29, 0.717) is 23.7 Å². The molecule has 28 heavy (non-hydrogen) atoms. The molecule has 0 aliphatic heterocycles. The number of rotatable bonds is 7. The molecule has 0 aliphatic carbocycles. The van der Waals surface area contributed by atoms with Crippen molar-refractivity contribution in [2.75, 3.05) is 14.2 Å². The molecule has 2 heterocycles. The van der Waals surface area contributed by atoms with Crippen LogP contribution in [0.5, 0.6) is 11.5 Å². The number of carbonyl (C=O) groups is 1. The van der Waals surface area contributed by atoms with Gasteiger partial charge in [0.1, 0.15) is 6.54 Å². The van der Waals surface area contributed by atoms with E-state index < -0.39 is 0 Å². The van der Waals surface area contributed by atoms with E-state index in [4.69, 9.17) is 9.47 Å². The number of nitrogens with one attached hydrogen (secondary N) is 1. The smallest absolute Gasteiger partial charge is 0.267 e. The maximum absolute atomic E-state index is 12.2. The summed E-state index contributed by atoms with van der Waals surface area (Å²) >= 11 is 0. The van der Waals surface area contributed by atoms with Gasteiger partial charge in [0.15, 0.2) is 11.5 Å². The van der Waals surface area contributed by atoms with E-state index >= 15 is 0 Å². The van der Waals surface area contributed by atoms with E-state index in [1.54, 1.807) is 44.8 Å². The zero-order valence-electron chi connectivity index (χ0n) is 15.6. The molecule has 1 aromatic carbocycles. The SMILES string of the molecule is COc1ccc(-c2ccc(=O)n(CC(=O)NCc3ccncc3)n2)cc1OC. The van der Waals surface area contributed by atoms with Gasteiger partial charge in [0.05, 0.1) is 19.9 Å². The first-order valence-electron chi connectivity index (χ1n) is 8.57. The first-order valence-corrected chi connectivity index (χ1v) is 8.57. The molecule has 0 bridgehead atoms. The second-order valence-corrected chi connectivity index (χ2v) is 5.92. The van der Waals surface area contributed by atoms with Crippen molar-refractivity contribution in [1.29, 1.82) is 0 Å². The van der Waals surface area contributed by atoms with Crippen LogP contribution in [0.25, 0.3) is 11.3 Å². The number of aromatic nitrogens is 3. The number of nitrogens with zero attached hydrogens (tertiary/aromatic N) is 3. The lowest BCUT2D eigenvalue weighted by Gasteiger charge is -2.11.